The minimum atomic E-state index is -0.486. The lowest BCUT2D eigenvalue weighted by molar-refractivity contribution is -0.134. The molecule has 2 saturated heterocycles. The molecule has 2 heterocycles. The van der Waals surface area contributed by atoms with Gasteiger partial charge in [-0.25, -0.2) is 9.69 Å². The zero-order chi connectivity index (χ0) is 14.4. The van der Waals surface area contributed by atoms with E-state index in [9.17, 15) is 9.59 Å². The van der Waals surface area contributed by atoms with Gasteiger partial charge in [0.05, 0.1) is 12.0 Å². The molecule has 4 nitrogen and oxygen atoms in total. The molecule has 0 N–H and O–H groups in total. The van der Waals surface area contributed by atoms with E-state index in [0.717, 1.165) is 12.0 Å². The van der Waals surface area contributed by atoms with E-state index in [1.54, 1.807) is 0 Å². The number of hydrogen-bond acceptors (Lipinski definition) is 3. The van der Waals surface area contributed by atoms with E-state index in [2.05, 4.69) is 19.9 Å². The van der Waals surface area contributed by atoms with Crippen molar-refractivity contribution >= 4 is 12.0 Å². The van der Waals surface area contributed by atoms with Crippen LogP contribution in [0.15, 0.2) is 18.2 Å². The summed E-state index contributed by atoms with van der Waals surface area (Å²) in [5, 5.41) is 0. The molecule has 1 aromatic rings. The first kappa shape index (κ1) is 13.2. The van der Waals surface area contributed by atoms with Crippen LogP contribution in [-0.2, 0) is 9.53 Å². The van der Waals surface area contributed by atoms with Crippen LogP contribution < -0.4 is 0 Å². The first-order chi connectivity index (χ1) is 9.49. The second-order valence-corrected chi connectivity index (χ2v) is 5.96. The third-order valence-electron chi connectivity index (χ3n) is 4.64. The molecule has 3 rings (SSSR count). The first-order valence-electron chi connectivity index (χ1n) is 7.06. The molecule has 1 aromatic carbocycles. The van der Waals surface area contributed by atoms with E-state index in [4.69, 9.17) is 4.74 Å². The summed E-state index contributed by atoms with van der Waals surface area (Å²) in [6.45, 7) is 6.52. The number of benzene rings is 1. The largest absolute Gasteiger partial charge is 0.447 e. The highest BCUT2D eigenvalue weighted by Gasteiger charge is 2.48. The van der Waals surface area contributed by atoms with Gasteiger partial charge in [0.25, 0.3) is 0 Å². The van der Waals surface area contributed by atoms with Crippen molar-refractivity contribution in [1.29, 1.82) is 0 Å². The molecule has 2 fully saturated rings. The van der Waals surface area contributed by atoms with E-state index < -0.39 is 6.09 Å². The molecule has 0 radical (unpaired) electrons. The maximum atomic E-state index is 12.6. The van der Waals surface area contributed by atoms with Crippen molar-refractivity contribution in [2.24, 2.45) is 5.92 Å². The third-order valence-corrected chi connectivity index (χ3v) is 4.64. The number of amides is 2. The molecule has 0 aliphatic carbocycles. The third kappa shape index (κ3) is 1.90. The highest BCUT2D eigenvalue weighted by Crippen LogP contribution is 2.38. The number of rotatable bonds is 1. The van der Waals surface area contributed by atoms with Gasteiger partial charge in [-0.05, 0) is 42.9 Å². The molecular formula is C16H19NO3. The number of imide groups is 1. The van der Waals surface area contributed by atoms with Crippen LogP contribution in [0.25, 0.3) is 0 Å². The molecule has 0 aromatic heterocycles. The number of aryl methyl sites for hydroxylation is 2. The number of cyclic esters (lactones) is 1. The standard InChI is InChI=1S/C16H19NO3/c1-9-4-5-12(6-10(9)2)13-7-11(3)14-8-20-16(19)17(14)15(13)18/h4-6,11,13-14H,7-8H2,1-3H3/t11?,13-,14+/m0/s1. The van der Waals surface area contributed by atoms with Crippen molar-refractivity contribution < 1.29 is 14.3 Å². The van der Waals surface area contributed by atoms with Crippen LogP contribution in [0, 0.1) is 19.8 Å². The van der Waals surface area contributed by atoms with Gasteiger partial charge in [0.2, 0.25) is 5.91 Å². The minimum Gasteiger partial charge on any atom is -0.447 e. The summed E-state index contributed by atoms with van der Waals surface area (Å²) < 4.78 is 5.03. The summed E-state index contributed by atoms with van der Waals surface area (Å²) in [6.07, 6.45) is 0.291. The van der Waals surface area contributed by atoms with Gasteiger partial charge in [-0.2, -0.15) is 0 Å². The Morgan fingerprint density at radius 2 is 1.95 bits per heavy atom. The normalized spacial score (nSPS) is 29.4. The zero-order valence-electron chi connectivity index (χ0n) is 12.1. The van der Waals surface area contributed by atoms with E-state index in [0.29, 0.717) is 6.61 Å². The number of carbonyl (C=O) groups excluding carboxylic acids is 2. The fraction of sp³-hybridized carbons (Fsp3) is 0.500. The Morgan fingerprint density at radius 1 is 1.20 bits per heavy atom. The fourth-order valence-electron chi connectivity index (χ4n) is 3.17. The van der Waals surface area contributed by atoms with E-state index >= 15 is 0 Å². The average molecular weight is 273 g/mol. The van der Waals surface area contributed by atoms with Crippen LogP contribution in [0.3, 0.4) is 0 Å². The molecule has 0 saturated carbocycles. The van der Waals surface area contributed by atoms with Crippen LogP contribution in [0.5, 0.6) is 0 Å². The number of hydrogen-bond donors (Lipinski definition) is 0. The molecule has 2 aliphatic heterocycles. The number of ether oxygens (including phenoxy) is 1. The first-order valence-corrected chi connectivity index (χ1v) is 7.06. The second kappa shape index (κ2) is 4.62. The summed E-state index contributed by atoms with van der Waals surface area (Å²) in [6, 6.07) is 6.01. The van der Waals surface area contributed by atoms with Crippen molar-refractivity contribution in [3.63, 3.8) is 0 Å². The van der Waals surface area contributed by atoms with Crippen LogP contribution in [0.1, 0.15) is 36.0 Å². The molecule has 20 heavy (non-hydrogen) atoms. The Hall–Kier alpha value is -1.84. The van der Waals surface area contributed by atoms with Gasteiger partial charge in [-0.1, -0.05) is 25.1 Å². The summed E-state index contributed by atoms with van der Waals surface area (Å²) >= 11 is 0. The summed E-state index contributed by atoms with van der Waals surface area (Å²) in [5.41, 5.74) is 3.39. The molecule has 4 heteroatoms. The van der Waals surface area contributed by atoms with Crippen LogP contribution >= 0.6 is 0 Å². The van der Waals surface area contributed by atoms with Crippen molar-refractivity contribution in [3.05, 3.63) is 34.9 Å². The second-order valence-electron chi connectivity index (χ2n) is 5.96. The number of fused-ring (bicyclic) bond motifs is 1. The number of piperidine rings is 1. The smallest absolute Gasteiger partial charge is 0.417 e. The van der Waals surface area contributed by atoms with Crippen molar-refractivity contribution in [2.75, 3.05) is 6.61 Å². The minimum absolute atomic E-state index is 0.0854. The molecule has 0 spiro atoms. The fourth-order valence-corrected chi connectivity index (χ4v) is 3.17. The summed E-state index contributed by atoms with van der Waals surface area (Å²) in [5.74, 6) is -0.0733. The van der Waals surface area contributed by atoms with Crippen LogP contribution in [0.4, 0.5) is 4.79 Å². The predicted octanol–water partition coefficient (Wildman–Crippen LogP) is 2.77. The van der Waals surface area contributed by atoms with Crippen LogP contribution in [0.2, 0.25) is 0 Å². The van der Waals surface area contributed by atoms with E-state index in [-0.39, 0.29) is 23.8 Å². The monoisotopic (exact) mass is 273 g/mol. The van der Waals surface area contributed by atoms with Gasteiger partial charge in [-0.3, -0.25) is 4.79 Å². The highest BCUT2D eigenvalue weighted by atomic mass is 16.6. The molecule has 0 bridgehead atoms. The van der Waals surface area contributed by atoms with Crippen molar-refractivity contribution in [3.8, 4) is 0 Å². The Labute approximate surface area is 118 Å². The summed E-state index contributed by atoms with van der Waals surface area (Å²) in [4.78, 5) is 25.7. The molecule has 106 valence electrons. The van der Waals surface area contributed by atoms with Crippen LogP contribution in [-0.4, -0.2) is 29.5 Å². The van der Waals surface area contributed by atoms with E-state index in [1.165, 1.54) is 16.0 Å². The lowest BCUT2D eigenvalue weighted by Crippen LogP contribution is -2.49. The van der Waals surface area contributed by atoms with Gasteiger partial charge in [0.1, 0.15) is 6.61 Å². The molecule has 3 atom stereocenters. The number of nitrogens with zero attached hydrogens (tertiary/aromatic N) is 1. The summed E-state index contributed by atoms with van der Waals surface area (Å²) in [7, 11) is 0. The van der Waals surface area contributed by atoms with E-state index in [1.807, 2.05) is 19.1 Å². The van der Waals surface area contributed by atoms with Gasteiger partial charge < -0.3 is 4.74 Å². The van der Waals surface area contributed by atoms with Crippen molar-refractivity contribution in [1.82, 2.24) is 4.90 Å². The SMILES string of the molecule is Cc1ccc([C@@H]2CC(C)[C@H]3COC(=O)N3C2=O)cc1C. The maximum absolute atomic E-state index is 12.6. The lowest BCUT2D eigenvalue weighted by atomic mass is 9.80. The Kier molecular flexibility index (Phi) is 3.04. The molecule has 2 aliphatic rings. The topological polar surface area (TPSA) is 46.6 Å². The zero-order valence-corrected chi connectivity index (χ0v) is 12.1. The van der Waals surface area contributed by atoms with Gasteiger partial charge >= 0.3 is 6.09 Å². The molecular weight excluding hydrogens is 254 g/mol. The van der Waals surface area contributed by atoms with Crippen molar-refractivity contribution in [2.45, 2.75) is 39.2 Å². The maximum Gasteiger partial charge on any atom is 0.417 e. The number of carbonyl (C=O) groups is 2. The lowest BCUT2D eigenvalue weighted by Gasteiger charge is -2.35. The van der Waals surface area contributed by atoms with Gasteiger partial charge in [0.15, 0.2) is 0 Å². The predicted molar refractivity (Wildman–Crippen MR) is 74.4 cm³/mol. The Bertz CT molecular complexity index is 581. The Balaban J connectivity index is 1.95. The average Bonchev–Trinajstić information content (AvgIpc) is 2.80. The van der Waals surface area contributed by atoms with Gasteiger partial charge in [-0.15, -0.1) is 0 Å². The Morgan fingerprint density at radius 3 is 2.65 bits per heavy atom. The van der Waals surface area contributed by atoms with Gasteiger partial charge in [0, 0.05) is 0 Å². The molecule has 2 amide bonds. The highest BCUT2D eigenvalue weighted by molar-refractivity contribution is 5.98. The molecule has 1 unspecified atom stereocenters. The quantitative estimate of drug-likeness (QED) is 0.790.